The zero-order valence-corrected chi connectivity index (χ0v) is 9.51. The second kappa shape index (κ2) is 6.67. The van der Waals surface area contributed by atoms with Gasteiger partial charge in [0, 0.05) is 0 Å². The van der Waals surface area contributed by atoms with Crippen molar-refractivity contribution in [3.05, 3.63) is 0 Å². The Kier molecular flexibility index (Phi) is 5.70. The predicted octanol–water partition coefficient (Wildman–Crippen LogP) is 2.38. The third-order valence-electron chi connectivity index (χ3n) is 2.98. The topological polar surface area (TPSA) is 20.2 Å². The summed E-state index contributed by atoms with van der Waals surface area (Å²) < 4.78 is 0. The summed E-state index contributed by atoms with van der Waals surface area (Å²) >= 11 is 0. The first-order valence-corrected chi connectivity index (χ1v) is 6.99. The molecule has 12 heavy (non-hydrogen) atoms. The summed E-state index contributed by atoms with van der Waals surface area (Å²) in [6.45, 7) is 0. The quantitative estimate of drug-likeness (QED) is 0.623. The molecule has 1 aliphatic rings. The minimum absolute atomic E-state index is 0.696. The molecule has 0 atom stereocenters. The Balaban J connectivity index is 2.17. The maximum atomic E-state index is 9.21. The van der Waals surface area contributed by atoms with Gasteiger partial charge < -0.3 is 4.80 Å². The van der Waals surface area contributed by atoms with E-state index in [0.29, 0.717) is 0 Å². The van der Waals surface area contributed by atoms with Crippen LogP contribution in [0.3, 0.4) is 0 Å². The minimum atomic E-state index is -0.696. The summed E-state index contributed by atoms with van der Waals surface area (Å²) in [4.78, 5) is 9.21. The molecule has 1 nitrogen and oxygen atoms in total. The van der Waals surface area contributed by atoms with Crippen molar-refractivity contribution in [2.24, 2.45) is 0 Å². The Morgan fingerprint density at radius 3 is 1.58 bits per heavy atom. The lowest BCUT2D eigenvalue weighted by Gasteiger charge is -2.14. The highest BCUT2D eigenvalue weighted by molar-refractivity contribution is 6.27. The fraction of sp³-hybridized carbons (Fsp3) is 1.00. The van der Waals surface area contributed by atoms with E-state index in [1.165, 1.54) is 57.8 Å². The van der Waals surface area contributed by atoms with Crippen molar-refractivity contribution in [1.29, 1.82) is 0 Å². The first-order valence-electron chi connectivity index (χ1n) is 5.54. The molecule has 0 aromatic rings. The van der Waals surface area contributed by atoms with Crippen molar-refractivity contribution in [2.75, 3.05) is 0 Å². The van der Waals surface area contributed by atoms with Crippen molar-refractivity contribution in [3.63, 3.8) is 0 Å². The molecule has 1 rings (SSSR count). The smallest absolute Gasteiger partial charge is 0.159 e. The van der Waals surface area contributed by atoms with Gasteiger partial charge in [0.15, 0.2) is 9.76 Å². The molecule has 2 heteroatoms. The Morgan fingerprint density at radius 2 is 1.17 bits per heavy atom. The zero-order valence-electron chi connectivity index (χ0n) is 8.10. The first-order chi connectivity index (χ1) is 5.93. The first kappa shape index (κ1) is 10.3. The van der Waals surface area contributed by atoms with Crippen LogP contribution >= 0.6 is 0 Å². The minimum Gasteiger partial charge on any atom is -0.438 e. The van der Waals surface area contributed by atoms with E-state index < -0.39 is 9.76 Å². The van der Waals surface area contributed by atoms with Crippen molar-refractivity contribution in [1.82, 2.24) is 0 Å². The van der Waals surface area contributed by atoms with Gasteiger partial charge in [0.2, 0.25) is 0 Å². The molecule has 0 aromatic heterocycles. The van der Waals surface area contributed by atoms with Gasteiger partial charge in [-0.2, -0.15) is 0 Å². The van der Waals surface area contributed by atoms with Gasteiger partial charge in [-0.3, -0.25) is 0 Å². The molecular formula is C10H22OSi. The van der Waals surface area contributed by atoms with Crippen LogP contribution in [0.25, 0.3) is 0 Å². The van der Waals surface area contributed by atoms with Gasteiger partial charge in [0.1, 0.15) is 0 Å². The van der Waals surface area contributed by atoms with Crippen molar-refractivity contribution in [3.8, 4) is 0 Å². The highest BCUT2D eigenvalue weighted by atomic mass is 28.2. The zero-order chi connectivity index (χ0) is 8.65. The summed E-state index contributed by atoms with van der Waals surface area (Å²) in [6, 6.07) is 0. The average Bonchev–Trinajstić information content (AvgIpc) is 2.14. The molecule has 0 aromatic carbocycles. The molecule has 0 aliphatic heterocycles. The van der Waals surface area contributed by atoms with Crippen LogP contribution in [-0.2, 0) is 0 Å². The monoisotopic (exact) mass is 186 g/mol. The van der Waals surface area contributed by atoms with E-state index >= 15 is 0 Å². The molecule has 1 saturated carbocycles. The normalized spacial score (nSPS) is 24.8. The lowest BCUT2D eigenvalue weighted by Crippen LogP contribution is -2.04. The summed E-state index contributed by atoms with van der Waals surface area (Å²) in [6.07, 6.45) is 12.5. The number of hydrogen-bond donors (Lipinski definition) is 1. The van der Waals surface area contributed by atoms with Gasteiger partial charge in [-0.1, -0.05) is 57.8 Å². The largest absolute Gasteiger partial charge is 0.438 e. The molecule has 0 unspecified atom stereocenters. The molecule has 0 radical (unpaired) electrons. The second-order valence-corrected chi connectivity index (χ2v) is 5.62. The van der Waals surface area contributed by atoms with Crippen LogP contribution in [0.15, 0.2) is 0 Å². The van der Waals surface area contributed by atoms with E-state index in [4.69, 9.17) is 0 Å². The van der Waals surface area contributed by atoms with Crippen molar-refractivity contribution >= 4 is 9.76 Å². The van der Waals surface area contributed by atoms with E-state index in [-0.39, 0.29) is 0 Å². The molecule has 1 N–H and O–H groups in total. The van der Waals surface area contributed by atoms with Gasteiger partial charge in [-0.05, 0) is 5.54 Å². The Hall–Kier alpha value is 0.177. The number of hydrogen-bond acceptors (Lipinski definition) is 1. The van der Waals surface area contributed by atoms with E-state index in [1.54, 1.807) is 0 Å². The second-order valence-electron chi connectivity index (χ2n) is 4.10. The van der Waals surface area contributed by atoms with Crippen molar-refractivity contribution < 1.29 is 4.80 Å². The molecule has 0 spiro atoms. The molecular weight excluding hydrogens is 164 g/mol. The molecule has 0 saturated heterocycles. The summed E-state index contributed by atoms with van der Waals surface area (Å²) in [5.74, 6) is 0. The molecule has 1 aliphatic carbocycles. The maximum Gasteiger partial charge on any atom is 0.159 e. The third kappa shape index (κ3) is 4.26. The highest BCUT2D eigenvalue weighted by Crippen LogP contribution is 2.24. The van der Waals surface area contributed by atoms with Crippen LogP contribution in [0.4, 0.5) is 0 Å². The Morgan fingerprint density at radius 1 is 0.750 bits per heavy atom. The molecule has 0 heterocycles. The molecule has 0 bridgehead atoms. The van der Waals surface area contributed by atoms with Crippen LogP contribution in [0.1, 0.15) is 57.8 Å². The van der Waals surface area contributed by atoms with Crippen LogP contribution < -0.4 is 0 Å². The average molecular weight is 186 g/mol. The van der Waals surface area contributed by atoms with Gasteiger partial charge in [0.25, 0.3) is 0 Å². The van der Waals surface area contributed by atoms with E-state index in [9.17, 15) is 4.80 Å². The molecule has 1 fully saturated rings. The summed E-state index contributed by atoms with van der Waals surface area (Å²) in [5, 5.41) is 0. The molecule has 0 amide bonds. The Bertz CT molecular complexity index is 96.0. The fourth-order valence-electron chi connectivity index (χ4n) is 2.08. The van der Waals surface area contributed by atoms with Crippen LogP contribution in [0.2, 0.25) is 5.54 Å². The summed E-state index contributed by atoms with van der Waals surface area (Å²) in [7, 11) is -0.696. The van der Waals surface area contributed by atoms with Crippen LogP contribution in [0, 0.1) is 0 Å². The number of rotatable bonds is 1. The lowest BCUT2D eigenvalue weighted by atomic mass is 10.0. The van der Waals surface area contributed by atoms with Gasteiger partial charge in [-0.15, -0.1) is 0 Å². The van der Waals surface area contributed by atoms with Crippen LogP contribution in [0.5, 0.6) is 0 Å². The molecule has 72 valence electrons. The predicted molar refractivity (Wildman–Crippen MR) is 56.1 cm³/mol. The van der Waals surface area contributed by atoms with Crippen molar-refractivity contribution in [2.45, 2.75) is 63.3 Å². The standard InChI is InChI=1S/C10H22OSi/c11-12-10-8-6-4-2-1-3-5-7-9-10/h10-11H,1-9,12H2. The highest BCUT2D eigenvalue weighted by Gasteiger charge is 2.08. The van der Waals surface area contributed by atoms with Crippen LogP contribution in [-0.4, -0.2) is 14.6 Å². The van der Waals surface area contributed by atoms with Gasteiger partial charge in [0.05, 0.1) is 0 Å². The van der Waals surface area contributed by atoms with Gasteiger partial charge in [-0.25, -0.2) is 0 Å². The van der Waals surface area contributed by atoms with E-state index in [2.05, 4.69) is 0 Å². The SMILES string of the molecule is O[SiH2]C1CCCCCCCCC1. The lowest BCUT2D eigenvalue weighted by molar-refractivity contribution is 0.477. The third-order valence-corrected chi connectivity index (χ3v) is 4.32. The Labute approximate surface area is 78.5 Å². The summed E-state index contributed by atoms with van der Waals surface area (Å²) in [5.41, 5.74) is 0.753. The maximum absolute atomic E-state index is 9.21. The van der Waals surface area contributed by atoms with E-state index in [1.807, 2.05) is 0 Å². The van der Waals surface area contributed by atoms with Gasteiger partial charge >= 0.3 is 0 Å². The fourth-order valence-corrected chi connectivity index (χ4v) is 3.02. The van der Waals surface area contributed by atoms with E-state index in [0.717, 1.165) is 5.54 Å².